The highest BCUT2D eigenvalue weighted by Gasteiger charge is 2.39. The fourth-order valence-electron chi connectivity index (χ4n) is 9.85. The summed E-state index contributed by atoms with van der Waals surface area (Å²) in [7, 11) is 0. The molecular formula is C44H47N13O4. The first-order valence-corrected chi connectivity index (χ1v) is 21.5. The number of nitrogens with one attached hydrogen (secondary N) is 3. The molecule has 17 nitrogen and oxygen atoms in total. The summed E-state index contributed by atoms with van der Waals surface area (Å²) in [5.74, 6) is -0.233. The van der Waals surface area contributed by atoms with E-state index >= 15 is 0 Å². The van der Waals surface area contributed by atoms with Crippen molar-refractivity contribution in [3.63, 3.8) is 0 Å². The second-order valence-corrected chi connectivity index (χ2v) is 17.1. The lowest BCUT2D eigenvalue weighted by molar-refractivity contribution is -0.137. The maximum atomic E-state index is 13.5. The molecule has 312 valence electrons. The van der Waals surface area contributed by atoms with E-state index in [1.165, 1.54) is 12.8 Å². The van der Waals surface area contributed by atoms with Gasteiger partial charge in [-0.25, -0.2) is 14.6 Å². The molecule has 0 bridgehead atoms. The van der Waals surface area contributed by atoms with Gasteiger partial charge in [0.2, 0.25) is 17.7 Å². The minimum absolute atomic E-state index is 0.0716. The molecule has 5 aliphatic rings. The monoisotopic (exact) mass is 821 g/mol. The van der Waals surface area contributed by atoms with Crippen LogP contribution in [0.25, 0.3) is 28.1 Å². The predicted octanol–water partition coefficient (Wildman–Crippen LogP) is 4.58. The van der Waals surface area contributed by atoms with E-state index in [1.54, 1.807) is 28.0 Å². The van der Waals surface area contributed by atoms with Crippen LogP contribution in [0.15, 0.2) is 55.1 Å². The second kappa shape index (κ2) is 16.1. The maximum Gasteiger partial charge on any atom is 0.255 e. The van der Waals surface area contributed by atoms with Gasteiger partial charge in [0.05, 0.1) is 24.0 Å². The molecule has 17 heteroatoms. The Kier molecular flexibility index (Phi) is 10.1. The Morgan fingerprint density at radius 1 is 0.869 bits per heavy atom. The Morgan fingerprint density at radius 2 is 1.69 bits per heavy atom. The van der Waals surface area contributed by atoms with Crippen LogP contribution in [0.1, 0.15) is 105 Å². The van der Waals surface area contributed by atoms with Gasteiger partial charge in [-0.3, -0.25) is 24.5 Å². The Morgan fingerprint density at radius 3 is 2.48 bits per heavy atom. The number of carbonyl (C=O) groups excluding carboxylic acids is 4. The van der Waals surface area contributed by atoms with E-state index in [-0.39, 0.29) is 42.1 Å². The van der Waals surface area contributed by atoms with Crippen LogP contribution in [0.3, 0.4) is 0 Å². The molecule has 2 aliphatic carbocycles. The number of piperidine rings is 2. The molecule has 3 aliphatic heterocycles. The highest BCUT2D eigenvalue weighted by Crippen LogP contribution is 2.35. The summed E-state index contributed by atoms with van der Waals surface area (Å²) in [4.78, 5) is 64.1. The van der Waals surface area contributed by atoms with Crippen LogP contribution in [0.4, 0.5) is 11.4 Å². The molecule has 0 radical (unpaired) electrons. The summed E-state index contributed by atoms with van der Waals surface area (Å²) >= 11 is 0. The van der Waals surface area contributed by atoms with Gasteiger partial charge in [-0.05, 0) is 81.5 Å². The number of benzene rings is 1. The number of amides is 4. The highest BCUT2D eigenvalue weighted by molar-refractivity contribution is 6.05. The summed E-state index contributed by atoms with van der Waals surface area (Å²) in [6, 6.07) is 11.8. The average Bonchev–Trinajstić information content (AvgIpc) is 4.12. The first-order chi connectivity index (χ1) is 29.8. The normalized spacial score (nSPS) is 22.3. The SMILES string of the molecule is N#Cc1cnc2c(cnn2-c2cc(NC3CCCC3)c(-c3cn(C4CCC(NC(=O)C5CCN(c6ccc7c(c6)C(=O)N(C6CCC(=O)NC6=O)C7)CC5)CC4)nn3)cn2)c1. The first kappa shape index (κ1) is 38.5. The number of hydrogen-bond donors (Lipinski definition) is 3. The molecule has 7 heterocycles. The zero-order valence-electron chi connectivity index (χ0n) is 33.8. The van der Waals surface area contributed by atoms with Crippen molar-refractivity contribution in [3.8, 4) is 23.1 Å². The third-order valence-corrected chi connectivity index (χ3v) is 13.3. The molecule has 1 unspecified atom stereocenters. The number of carbonyl (C=O) groups is 4. The predicted molar refractivity (Wildman–Crippen MR) is 223 cm³/mol. The lowest BCUT2D eigenvalue weighted by Crippen LogP contribution is -2.52. The van der Waals surface area contributed by atoms with Crippen molar-refractivity contribution in [1.29, 1.82) is 5.26 Å². The highest BCUT2D eigenvalue weighted by atomic mass is 16.2. The van der Waals surface area contributed by atoms with Crippen molar-refractivity contribution in [1.82, 2.24) is 50.3 Å². The average molecular weight is 822 g/mol. The van der Waals surface area contributed by atoms with E-state index in [0.29, 0.717) is 54.7 Å². The van der Waals surface area contributed by atoms with Gasteiger partial charge in [0.1, 0.15) is 17.8 Å². The molecule has 1 atom stereocenters. The molecule has 10 rings (SSSR count). The van der Waals surface area contributed by atoms with Crippen molar-refractivity contribution in [2.45, 2.75) is 108 Å². The van der Waals surface area contributed by atoms with Gasteiger partial charge in [0.25, 0.3) is 5.91 Å². The van der Waals surface area contributed by atoms with Gasteiger partial charge in [-0.2, -0.15) is 15.0 Å². The molecule has 61 heavy (non-hydrogen) atoms. The summed E-state index contributed by atoms with van der Waals surface area (Å²) < 4.78 is 3.66. The number of imide groups is 1. The molecular weight excluding hydrogens is 775 g/mol. The minimum atomic E-state index is -0.637. The summed E-state index contributed by atoms with van der Waals surface area (Å²) in [6.45, 7) is 1.77. The summed E-state index contributed by atoms with van der Waals surface area (Å²) in [6.07, 6.45) is 17.1. The number of fused-ring (bicyclic) bond motifs is 2. The van der Waals surface area contributed by atoms with Crippen molar-refractivity contribution in [3.05, 3.63) is 71.8 Å². The number of aromatic nitrogens is 7. The molecule has 2 saturated carbocycles. The largest absolute Gasteiger partial charge is 0.382 e. The zero-order valence-corrected chi connectivity index (χ0v) is 33.8. The van der Waals surface area contributed by atoms with Gasteiger partial charge in [0, 0.05) is 90.4 Å². The fourth-order valence-corrected chi connectivity index (χ4v) is 9.85. The number of nitriles is 1. The Balaban J connectivity index is 0.738. The van der Waals surface area contributed by atoms with Gasteiger partial charge in [-0.1, -0.05) is 24.1 Å². The van der Waals surface area contributed by atoms with Gasteiger partial charge in [0.15, 0.2) is 11.5 Å². The fraction of sp³-hybridized carbons (Fsp3) is 0.455. The van der Waals surface area contributed by atoms with Crippen LogP contribution in [0.2, 0.25) is 0 Å². The van der Waals surface area contributed by atoms with Crippen molar-refractivity contribution in [2.75, 3.05) is 23.3 Å². The number of anilines is 2. The number of hydrogen-bond acceptors (Lipinski definition) is 12. The minimum Gasteiger partial charge on any atom is -0.382 e. The van der Waals surface area contributed by atoms with Gasteiger partial charge in [-0.15, -0.1) is 5.10 Å². The van der Waals surface area contributed by atoms with Crippen LogP contribution < -0.4 is 20.9 Å². The summed E-state index contributed by atoms with van der Waals surface area (Å²) in [5.41, 5.74) is 6.05. The van der Waals surface area contributed by atoms with Crippen molar-refractivity contribution < 1.29 is 19.2 Å². The molecule has 4 aromatic heterocycles. The summed E-state index contributed by atoms with van der Waals surface area (Å²) in [5, 5.41) is 33.3. The van der Waals surface area contributed by atoms with Crippen LogP contribution in [-0.4, -0.2) is 94.5 Å². The van der Waals surface area contributed by atoms with E-state index < -0.39 is 11.9 Å². The number of rotatable bonds is 9. The molecule has 4 amide bonds. The standard InChI is InChI=1S/C44H47N13O4/c45-20-26-17-29-22-48-57(41(29)47-21-26)39-19-36(49-30-3-1-2-4-30)35(23-46-39)37-25-56(53-52-37)32-9-6-31(7-10-32)50-42(59)27-13-15-54(16-14-27)33-8-5-28-24-55(44(61)34(28)18-33)38-11-12-40(58)51-43(38)60/h5,8,17-19,21-23,25,27,30-32,38H,1-4,6-7,9-16,24H2,(H,46,49)(H,50,59)(H,51,58,60). The quantitative estimate of drug-likeness (QED) is 0.175. The maximum absolute atomic E-state index is 13.5. The molecule has 4 fully saturated rings. The van der Waals surface area contributed by atoms with E-state index in [1.807, 2.05) is 41.3 Å². The van der Waals surface area contributed by atoms with Crippen molar-refractivity contribution in [2.24, 2.45) is 5.92 Å². The van der Waals surface area contributed by atoms with E-state index in [0.717, 1.165) is 84.9 Å². The van der Waals surface area contributed by atoms with Crippen LogP contribution in [0, 0.1) is 17.2 Å². The molecule has 2 saturated heterocycles. The lowest BCUT2D eigenvalue weighted by atomic mass is 9.89. The molecule has 5 aromatic rings. The molecule has 1 aromatic carbocycles. The number of nitrogens with zero attached hydrogens (tertiary/aromatic N) is 10. The third kappa shape index (κ3) is 7.55. The molecule has 3 N–H and O–H groups in total. The third-order valence-electron chi connectivity index (χ3n) is 13.3. The first-order valence-electron chi connectivity index (χ1n) is 21.5. The topological polar surface area (TPSA) is 209 Å². The smallest absolute Gasteiger partial charge is 0.255 e. The Labute approximate surface area is 351 Å². The Bertz CT molecular complexity index is 2570. The van der Waals surface area contributed by atoms with Crippen LogP contribution in [0.5, 0.6) is 0 Å². The lowest BCUT2D eigenvalue weighted by Gasteiger charge is -2.35. The second-order valence-electron chi connectivity index (χ2n) is 17.1. The van der Waals surface area contributed by atoms with Gasteiger partial charge >= 0.3 is 0 Å². The van der Waals surface area contributed by atoms with Crippen LogP contribution >= 0.6 is 0 Å². The van der Waals surface area contributed by atoms with Gasteiger partial charge < -0.3 is 20.4 Å². The van der Waals surface area contributed by atoms with Crippen LogP contribution in [-0.2, 0) is 20.9 Å². The van der Waals surface area contributed by atoms with Crippen molar-refractivity contribution >= 4 is 46.0 Å². The van der Waals surface area contributed by atoms with E-state index in [9.17, 15) is 24.4 Å². The zero-order chi connectivity index (χ0) is 41.6. The van der Waals surface area contributed by atoms with E-state index in [4.69, 9.17) is 4.98 Å². The Hall–Kier alpha value is -6.70. The van der Waals surface area contributed by atoms with E-state index in [2.05, 4.69) is 47.3 Å². The number of pyridine rings is 2. The molecule has 0 spiro atoms.